The Bertz CT molecular complexity index is 339. The van der Waals surface area contributed by atoms with Gasteiger partial charge in [-0.3, -0.25) is 4.79 Å². The van der Waals surface area contributed by atoms with Gasteiger partial charge in [-0.2, -0.15) is 0 Å². The molecule has 2 N–H and O–H groups in total. The zero-order chi connectivity index (χ0) is 14.6. The highest BCUT2D eigenvalue weighted by Crippen LogP contribution is 2.15. The molecule has 0 radical (unpaired) electrons. The summed E-state index contributed by atoms with van der Waals surface area (Å²) in [6.07, 6.45) is 0.911. The molecule has 19 heavy (non-hydrogen) atoms. The van der Waals surface area contributed by atoms with Gasteiger partial charge in [0.1, 0.15) is 0 Å². The van der Waals surface area contributed by atoms with Gasteiger partial charge in [0.05, 0.1) is 6.42 Å². The van der Waals surface area contributed by atoms with Crippen molar-refractivity contribution in [2.75, 3.05) is 26.7 Å². The number of carboxylic acid groups (broad SMARTS) is 1. The molecule has 1 aliphatic rings. The molecule has 0 aromatic rings. The lowest BCUT2D eigenvalue weighted by Crippen LogP contribution is -2.53. The first kappa shape index (κ1) is 15.8. The van der Waals surface area contributed by atoms with E-state index in [0.29, 0.717) is 0 Å². The number of carbonyl (C=O) groups excluding carboxylic acids is 1. The number of aliphatic carboxylic acids is 1. The summed E-state index contributed by atoms with van der Waals surface area (Å²) in [4.78, 5) is 26.7. The lowest BCUT2D eigenvalue weighted by atomic mass is 10.1. The van der Waals surface area contributed by atoms with Crippen molar-refractivity contribution in [2.45, 2.75) is 45.2 Å². The van der Waals surface area contributed by atoms with Gasteiger partial charge in [-0.05, 0) is 40.8 Å². The molecule has 0 aromatic heterocycles. The number of nitrogens with one attached hydrogen (secondary N) is 1. The van der Waals surface area contributed by atoms with Crippen LogP contribution in [0.15, 0.2) is 0 Å². The largest absolute Gasteiger partial charge is 0.481 e. The third kappa shape index (κ3) is 5.06. The number of rotatable bonds is 4. The van der Waals surface area contributed by atoms with E-state index in [1.54, 1.807) is 4.90 Å². The average Bonchev–Trinajstić information content (AvgIpc) is 2.61. The third-order valence-corrected chi connectivity index (χ3v) is 3.32. The molecule has 1 heterocycles. The summed E-state index contributed by atoms with van der Waals surface area (Å²) < 4.78 is 0. The predicted molar refractivity (Wildman–Crippen MR) is 73.1 cm³/mol. The highest BCUT2D eigenvalue weighted by Gasteiger charge is 2.29. The van der Waals surface area contributed by atoms with E-state index >= 15 is 0 Å². The lowest BCUT2D eigenvalue weighted by molar-refractivity contribution is -0.137. The Kier molecular flexibility index (Phi) is 5.17. The van der Waals surface area contributed by atoms with Crippen molar-refractivity contribution in [3.8, 4) is 0 Å². The molecule has 110 valence electrons. The van der Waals surface area contributed by atoms with Crippen LogP contribution in [0.4, 0.5) is 4.79 Å². The molecule has 0 aliphatic carbocycles. The minimum atomic E-state index is -0.886. The first-order chi connectivity index (χ1) is 8.70. The molecule has 0 spiro atoms. The summed E-state index contributed by atoms with van der Waals surface area (Å²) in [5.41, 5.74) is -0.385. The fraction of sp³-hybridized carbons (Fsp3) is 0.846. The fourth-order valence-corrected chi connectivity index (χ4v) is 2.25. The molecule has 0 aromatic carbocycles. The Morgan fingerprint density at radius 2 is 2.05 bits per heavy atom. The van der Waals surface area contributed by atoms with E-state index in [2.05, 4.69) is 10.2 Å². The average molecular weight is 271 g/mol. The molecular weight excluding hydrogens is 246 g/mol. The number of amides is 2. The SMILES string of the molecule is CN1CCC(NC(=O)N(CCC(=O)O)C(C)(C)C)C1. The Morgan fingerprint density at radius 3 is 2.47 bits per heavy atom. The van der Waals surface area contributed by atoms with Crippen molar-refractivity contribution in [1.29, 1.82) is 0 Å². The number of nitrogens with zero attached hydrogens (tertiary/aromatic N) is 2. The van der Waals surface area contributed by atoms with Crippen LogP contribution in [0.3, 0.4) is 0 Å². The van der Waals surface area contributed by atoms with Crippen LogP contribution < -0.4 is 5.32 Å². The second kappa shape index (κ2) is 6.23. The number of hydrogen-bond acceptors (Lipinski definition) is 3. The highest BCUT2D eigenvalue weighted by atomic mass is 16.4. The van der Waals surface area contributed by atoms with Crippen LogP contribution in [0.5, 0.6) is 0 Å². The number of carbonyl (C=O) groups is 2. The van der Waals surface area contributed by atoms with Crippen molar-refractivity contribution < 1.29 is 14.7 Å². The minimum absolute atomic E-state index is 0.0325. The summed E-state index contributed by atoms with van der Waals surface area (Å²) in [6.45, 7) is 7.80. The van der Waals surface area contributed by atoms with Gasteiger partial charge in [-0.1, -0.05) is 0 Å². The molecule has 1 aliphatic heterocycles. The standard InChI is InChI=1S/C13H25N3O3/c1-13(2,3)16(8-6-11(17)18)12(19)14-10-5-7-15(4)9-10/h10H,5-9H2,1-4H3,(H,14,19)(H,17,18). The molecular formula is C13H25N3O3. The molecule has 0 saturated carbocycles. The number of hydrogen-bond donors (Lipinski definition) is 2. The zero-order valence-corrected chi connectivity index (χ0v) is 12.3. The van der Waals surface area contributed by atoms with E-state index in [1.807, 2.05) is 27.8 Å². The first-order valence-corrected chi connectivity index (χ1v) is 6.68. The molecule has 1 unspecified atom stereocenters. The minimum Gasteiger partial charge on any atom is -0.481 e. The van der Waals surface area contributed by atoms with Crippen LogP contribution >= 0.6 is 0 Å². The van der Waals surface area contributed by atoms with Gasteiger partial charge in [0.25, 0.3) is 0 Å². The smallest absolute Gasteiger partial charge is 0.318 e. The first-order valence-electron chi connectivity index (χ1n) is 6.68. The molecule has 2 amide bonds. The van der Waals surface area contributed by atoms with Gasteiger partial charge in [0.15, 0.2) is 0 Å². The van der Waals surface area contributed by atoms with Crippen LogP contribution in [0.1, 0.15) is 33.6 Å². The molecule has 1 atom stereocenters. The van der Waals surface area contributed by atoms with Crippen LogP contribution in [0.2, 0.25) is 0 Å². The second-order valence-corrected chi connectivity index (χ2v) is 6.16. The summed E-state index contributed by atoms with van der Waals surface area (Å²) >= 11 is 0. The van der Waals surface area contributed by atoms with Gasteiger partial charge in [-0.15, -0.1) is 0 Å². The molecule has 0 bridgehead atoms. The Balaban J connectivity index is 2.58. The third-order valence-electron chi connectivity index (χ3n) is 3.32. The van der Waals surface area contributed by atoms with Gasteiger partial charge >= 0.3 is 12.0 Å². The van der Waals surface area contributed by atoms with Crippen LogP contribution in [-0.4, -0.2) is 65.2 Å². The highest BCUT2D eigenvalue weighted by molar-refractivity contribution is 5.76. The molecule has 1 saturated heterocycles. The summed E-state index contributed by atoms with van der Waals surface area (Å²) in [5, 5.41) is 11.8. The summed E-state index contributed by atoms with van der Waals surface area (Å²) in [6, 6.07) is -0.0128. The number of carboxylic acids is 1. The Morgan fingerprint density at radius 1 is 1.42 bits per heavy atom. The normalized spacial score (nSPS) is 20.3. The van der Waals surface area contributed by atoms with Crippen LogP contribution in [0, 0.1) is 0 Å². The van der Waals surface area contributed by atoms with Gasteiger partial charge in [-0.25, -0.2) is 4.79 Å². The van der Waals surface area contributed by atoms with Crippen LogP contribution in [0.25, 0.3) is 0 Å². The van der Waals surface area contributed by atoms with E-state index in [4.69, 9.17) is 5.11 Å². The second-order valence-electron chi connectivity index (χ2n) is 6.16. The Hall–Kier alpha value is -1.30. The van der Waals surface area contributed by atoms with Gasteiger partial charge < -0.3 is 20.2 Å². The van der Waals surface area contributed by atoms with E-state index in [0.717, 1.165) is 19.5 Å². The van der Waals surface area contributed by atoms with Gasteiger partial charge in [0.2, 0.25) is 0 Å². The maximum absolute atomic E-state index is 12.3. The van der Waals surface area contributed by atoms with Crippen LogP contribution in [-0.2, 0) is 4.79 Å². The van der Waals surface area contributed by atoms with Crippen molar-refractivity contribution in [3.63, 3.8) is 0 Å². The molecule has 1 rings (SSSR count). The maximum Gasteiger partial charge on any atom is 0.318 e. The van der Waals surface area contributed by atoms with Gasteiger partial charge in [0, 0.05) is 24.7 Å². The number of urea groups is 1. The molecule has 6 nitrogen and oxygen atoms in total. The summed E-state index contributed by atoms with van der Waals surface area (Å²) in [7, 11) is 2.03. The number of likely N-dealkylation sites (tertiary alicyclic amines) is 1. The lowest BCUT2D eigenvalue weighted by Gasteiger charge is -2.36. The molecule has 1 fully saturated rings. The monoisotopic (exact) mass is 271 g/mol. The van der Waals surface area contributed by atoms with Crippen molar-refractivity contribution in [2.24, 2.45) is 0 Å². The quantitative estimate of drug-likeness (QED) is 0.799. The van der Waals surface area contributed by atoms with E-state index in [-0.39, 0.29) is 30.6 Å². The Labute approximate surface area is 114 Å². The van der Waals surface area contributed by atoms with Crippen molar-refractivity contribution in [1.82, 2.24) is 15.1 Å². The van der Waals surface area contributed by atoms with Crippen molar-refractivity contribution >= 4 is 12.0 Å². The van der Waals surface area contributed by atoms with Crippen molar-refractivity contribution in [3.05, 3.63) is 0 Å². The number of likely N-dealkylation sites (N-methyl/N-ethyl adjacent to an activating group) is 1. The zero-order valence-electron chi connectivity index (χ0n) is 12.3. The summed E-state index contributed by atoms with van der Waals surface area (Å²) in [5.74, 6) is -0.886. The maximum atomic E-state index is 12.3. The van der Waals surface area contributed by atoms with E-state index in [9.17, 15) is 9.59 Å². The van der Waals surface area contributed by atoms with E-state index < -0.39 is 5.97 Å². The topological polar surface area (TPSA) is 72.9 Å². The molecule has 6 heteroatoms. The van der Waals surface area contributed by atoms with E-state index in [1.165, 1.54) is 0 Å². The predicted octanol–water partition coefficient (Wildman–Crippen LogP) is 0.975. The fourth-order valence-electron chi connectivity index (χ4n) is 2.25.